The summed E-state index contributed by atoms with van der Waals surface area (Å²) in [6.45, 7) is 1.11. The predicted molar refractivity (Wildman–Crippen MR) is 70.9 cm³/mol. The average Bonchev–Trinajstić information content (AvgIpc) is 2.89. The third-order valence-corrected chi connectivity index (χ3v) is 2.75. The molecule has 2 aromatic rings. The lowest BCUT2D eigenvalue weighted by Gasteiger charge is -2.06. The molecular weight excluding hydrogens is 244 g/mol. The fourth-order valence-corrected chi connectivity index (χ4v) is 1.81. The van der Waals surface area contributed by atoms with Gasteiger partial charge in [-0.15, -0.1) is 0 Å². The molecule has 100 valence electrons. The maximum Gasteiger partial charge on any atom is 0.358 e. The predicted octanol–water partition coefficient (Wildman–Crippen LogP) is 1.98. The highest BCUT2D eigenvalue weighted by molar-refractivity contribution is 5.88. The minimum atomic E-state index is -0.437. The highest BCUT2D eigenvalue weighted by Crippen LogP contribution is 2.20. The van der Waals surface area contributed by atoms with Gasteiger partial charge in [-0.2, -0.15) is 5.10 Å². The second-order valence-corrected chi connectivity index (χ2v) is 3.99. The Bertz CT molecular complexity index is 549. The molecule has 2 rings (SSSR count). The lowest BCUT2D eigenvalue weighted by molar-refractivity contribution is 0.0592. The Labute approximate surface area is 111 Å². The maximum absolute atomic E-state index is 11.6. The first-order valence-electron chi connectivity index (χ1n) is 5.96. The van der Waals surface area contributed by atoms with Crippen LogP contribution in [-0.2, 0) is 16.0 Å². The van der Waals surface area contributed by atoms with Crippen LogP contribution in [0.3, 0.4) is 0 Å². The van der Waals surface area contributed by atoms with Gasteiger partial charge in [0.05, 0.1) is 26.0 Å². The summed E-state index contributed by atoms with van der Waals surface area (Å²) in [4.78, 5) is 11.6. The van der Waals surface area contributed by atoms with Crippen LogP contribution in [0, 0.1) is 0 Å². The summed E-state index contributed by atoms with van der Waals surface area (Å²) < 4.78 is 11.5. The van der Waals surface area contributed by atoms with E-state index in [1.54, 1.807) is 17.9 Å². The Morgan fingerprint density at radius 2 is 2.00 bits per heavy atom. The van der Waals surface area contributed by atoms with E-state index in [2.05, 4.69) is 5.10 Å². The number of methoxy groups -OCH3 is 2. The molecule has 0 aliphatic heterocycles. The van der Waals surface area contributed by atoms with Crippen molar-refractivity contribution in [1.82, 2.24) is 9.78 Å². The number of nitrogens with zero attached hydrogens (tertiary/aromatic N) is 2. The van der Waals surface area contributed by atoms with Gasteiger partial charge in [-0.25, -0.2) is 4.79 Å². The Balaban J connectivity index is 2.39. The van der Waals surface area contributed by atoms with E-state index in [1.807, 2.05) is 30.3 Å². The highest BCUT2D eigenvalue weighted by atomic mass is 16.5. The van der Waals surface area contributed by atoms with Crippen molar-refractivity contribution >= 4 is 5.97 Å². The number of ether oxygens (including phenoxy) is 2. The molecule has 1 aromatic heterocycles. The summed E-state index contributed by atoms with van der Waals surface area (Å²) in [5.41, 5.74) is 2.18. The van der Waals surface area contributed by atoms with Crippen molar-refractivity contribution in [2.24, 2.45) is 0 Å². The second-order valence-electron chi connectivity index (χ2n) is 3.99. The summed E-state index contributed by atoms with van der Waals surface area (Å²) in [5, 5.41) is 4.26. The van der Waals surface area contributed by atoms with Crippen LogP contribution in [0.4, 0.5) is 0 Å². The van der Waals surface area contributed by atoms with E-state index in [0.717, 1.165) is 11.3 Å². The van der Waals surface area contributed by atoms with Gasteiger partial charge in [-0.3, -0.25) is 4.68 Å². The molecule has 0 spiro atoms. The first-order chi connectivity index (χ1) is 9.26. The molecule has 5 heteroatoms. The van der Waals surface area contributed by atoms with E-state index in [-0.39, 0.29) is 0 Å². The van der Waals surface area contributed by atoms with E-state index >= 15 is 0 Å². The molecule has 19 heavy (non-hydrogen) atoms. The van der Waals surface area contributed by atoms with Crippen LogP contribution in [-0.4, -0.2) is 36.6 Å². The van der Waals surface area contributed by atoms with Crippen LogP contribution in [0.2, 0.25) is 0 Å². The molecule has 5 nitrogen and oxygen atoms in total. The molecule has 0 saturated carbocycles. The van der Waals surface area contributed by atoms with Crippen molar-refractivity contribution in [1.29, 1.82) is 0 Å². The van der Waals surface area contributed by atoms with Gasteiger partial charge in [-0.1, -0.05) is 30.3 Å². The topological polar surface area (TPSA) is 53.4 Å². The van der Waals surface area contributed by atoms with Crippen LogP contribution >= 0.6 is 0 Å². The average molecular weight is 260 g/mol. The SMILES string of the molecule is COCCn1nc(C(=O)OC)cc1-c1ccccc1. The molecule has 0 amide bonds. The number of esters is 1. The summed E-state index contributed by atoms with van der Waals surface area (Å²) in [5.74, 6) is -0.437. The fourth-order valence-electron chi connectivity index (χ4n) is 1.81. The molecule has 0 unspecified atom stereocenters. The Kier molecular flexibility index (Phi) is 4.30. The normalized spacial score (nSPS) is 10.4. The van der Waals surface area contributed by atoms with Crippen molar-refractivity contribution in [3.05, 3.63) is 42.1 Å². The molecule has 0 bridgehead atoms. The maximum atomic E-state index is 11.6. The number of carbonyl (C=O) groups is 1. The third kappa shape index (κ3) is 3.00. The van der Waals surface area contributed by atoms with Gasteiger partial charge in [0, 0.05) is 7.11 Å². The summed E-state index contributed by atoms with van der Waals surface area (Å²) in [7, 11) is 2.98. The summed E-state index contributed by atoms with van der Waals surface area (Å²) in [6.07, 6.45) is 0. The van der Waals surface area contributed by atoms with Crippen LogP contribution in [0.25, 0.3) is 11.3 Å². The second kappa shape index (κ2) is 6.15. The molecule has 0 atom stereocenters. The fraction of sp³-hybridized carbons (Fsp3) is 0.286. The van der Waals surface area contributed by atoms with E-state index in [0.29, 0.717) is 18.8 Å². The van der Waals surface area contributed by atoms with E-state index in [1.165, 1.54) is 7.11 Å². The quantitative estimate of drug-likeness (QED) is 0.771. The number of hydrogen-bond donors (Lipinski definition) is 0. The molecule has 0 saturated heterocycles. The van der Waals surface area contributed by atoms with Gasteiger partial charge < -0.3 is 9.47 Å². The standard InChI is InChI=1S/C14H16N2O3/c1-18-9-8-16-13(11-6-4-3-5-7-11)10-12(15-16)14(17)19-2/h3-7,10H,8-9H2,1-2H3. The van der Waals surface area contributed by atoms with Crippen molar-refractivity contribution in [2.45, 2.75) is 6.54 Å². The van der Waals surface area contributed by atoms with Crippen LogP contribution < -0.4 is 0 Å². The molecule has 1 aromatic carbocycles. The first kappa shape index (κ1) is 13.3. The van der Waals surface area contributed by atoms with Gasteiger partial charge in [0.15, 0.2) is 5.69 Å². The molecule has 0 aliphatic rings. The zero-order chi connectivity index (χ0) is 13.7. The summed E-state index contributed by atoms with van der Waals surface area (Å²) in [6, 6.07) is 11.5. The molecule has 0 radical (unpaired) electrons. The number of aromatic nitrogens is 2. The minimum Gasteiger partial charge on any atom is -0.464 e. The Morgan fingerprint density at radius 1 is 1.26 bits per heavy atom. The van der Waals surface area contributed by atoms with Crippen molar-refractivity contribution < 1.29 is 14.3 Å². The molecule has 0 N–H and O–H groups in total. The van der Waals surface area contributed by atoms with E-state index in [9.17, 15) is 4.79 Å². The van der Waals surface area contributed by atoms with Gasteiger partial charge in [-0.05, 0) is 11.6 Å². The molecule has 0 fully saturated rings. The zero-order valence-corrected chi connectivity index (χ0v) is 11.0. The third-order valence-electron chi connectivity index (χ3n) is 2.75. The molecule has 0 aliphatic carbocycles. The van der Waals surface area contributed by atoms with E-state index < -0.39 is 5.97 Å². The summed E-state index contributed by atoms with van der Waals surface area (Å²) >= 11 is 0. The number of hydrogen-bond acceptors (Lipinski definition) is 4. The monoisotopic (exact) mass is 260 g/mol. The van der Waals surface area contributed by atoms with Gasteiger partial charge in [0.2, 0.25) is 0 Å². The lowest BCUT2D eigenvalue weighted by atomic mass is 10.1. The van der Waals surface area contributed by atoms with Crippen molar-refractivity contribution in [3.8, 4) is 11.3 Å². The first-order valence-corrected chi connectivity index (χ1v) is 5.96. The van der Waals surface area contributed by atoms with Crippen LogP contribution in [0.5, 0.6) is 0 Å². The van der Waals surface area contributed by atoms with Gasteiger partial charge >= 0.3 is 5.97 Å². The Hall–Kier alpha value is -2.14. The van der Waals surface area contributed by atoms with Crippen LogP contribution in [0.1, 0.15) is 10.5 Å². The van der Waals surface area contributed by atoms with Crippen LogP contribution in [0.15, 0.2) is 36.4 Å². The smallest absolute Gasteiger partial charge is 0.358 e. The molecular formula is C14H16N2O3. The minimum absolute atomic E-state index is 0.303. The zero-order valence-electron chi connectivity index (χ0n) is 11.0. The van der Waals surface area contributed by atoms with Gasteiger partial charge in [0.1, 0.15) is 0 Å². The number of rotatable bonds is 5. The Morgan fingerprint density at radius 3 is 2.63 bits per heavy atom. The number of carbonyl (C=O) groups excluding carboxylic acids is 1. The van der Waals surface area contributed by atoms with E-state index in [4.69, 9.17) is 9.47 Å². The van der Waals surface area contributed by atoms with Crippen molar-refractivity contribution in [2.75, 3.05) is 20.8 Å². The number of benzene rings is 1. The highest BCUT2D eigenvalue weighted by Gasteiger charge is 2.15. The van der Waals surface area contributed by atoms with Gasteiger partial charge in [0.25, 0.3) is 0 Å². The largest absolute Gasteiger partial charge is 0.464 e. The van der Waals surface area contributed by atoms with Crippen molar-refractivity contribution in [3.63, 3.8) is 0 Å². The lowest BCUT2D eigenvalue weighted by Crippen LogP contribution is -2.09. The molecule has 1 heterocycles.